The van der Waals surface area contributed by atoms with Crippen molar-refractivity contribution in [1.82, 2.24) is 39.0 Å². The number of hydrogen-bond donors (Lipinski definition) is 0. The summed E-state index contributed by atoms with van der Waals surface area (Å²) < 4.78 is 48.5. The van der Waals surface area contributed by atoms with Crippen LogP contribution in [-0.2, 0) is 9.31 Å². The molecule has 102 heavy (non-hydrogen) atoms. The Morgan fingerprint density at radius 1 is 0.304 bits per heavy atom. The van der Waals surface area contributed by atoms with Crippen LogP contribution in [0.1, 0.15) is 27.7 Å². The number of fused-ring (bicyclic) bond motifs is 6. The highest BCUT2D eigenvalue weighted by atomic mass is 127. The van der Waals surface area contributed by atoms with Gasteiger partial charge in [-0.3, -0.25) is 0 Å². The van der Waals surface area contributed by atoms with E-state index in [1.54, 1.807) is 6.07 Å². The minimum absolute atomic E-state index is 0.294. The Morgan fingerprint density at radius 3 is 0.941 bits per heavy atom. The minimum atomic E-state index is -0.582. The van der Waals surface area contributed by atoms with Gasteiger partial charge in [-0.2, -0.15) is 0 Å². The van der Waals surface area contributed by atoms with Crippen LogP contribution < -0.4 is 5.46 Å². The molecule has 0 amide bonds. The molecule has 0 aliphatic carbocycles. The van der Waals surface area contributed by atoms with Gasteiger partial charge in [0.05, 0.1) is 44.6 Å². The first-order chi connectivity index (χ1) is 49.8. The lowest BCUT2D eigenvalue weighted by molar-refractivity contribution is 0.00578. The molecule has 0 unspecified atom stereocenters. The first-order valence-corrected chi connectivity index (χ1v) is 38.2. The summed E-state index contributed by atoms with van der Waals surface area (Å²) in [4.78, 5) is 32.5. The number of aromatic nitrogens is 8. The van der Waals surface area contributed by atoms with Crippen LogP contribution in [0.5, 0.6) is 0 Å². The zero-order valence-electron chi connectivity index (χ0n) is 56.7. The molecule has 17 rings (SSSR count). The van der Waals surface area contributed by atoms with Crippen LogP contribution in [-0.4, -0.2) is 67.2 Å². The molecule has 0 N–H and O–H groups in total. The molecule has 0 spiro atoms. The molecule has 1 aliphatic rings. The molecular formula is C86H68BBrF2I2N8O2. The maximum absolute atomic E-state index is 16.0. The van der Waals surface area contributed by atoms with Gasteiger partial charge >= 0.3 is 7.12 Å². The van der Waals surface area contributed by atoms with E-state index in [0.29, 0.717) is 51.8 Å². The van der Waals surface area contributed by atoms with Crippen molar-refractivity contribution >= 4 is 117 Å². The van der Waals surface area contributed by atoms with Gasteiger partial charge in [0.25, 0.3) is 0 Å². The molecule has 1 fully saturated rings. The zero-order valence-corrected chi connectivity index (χ0v) is 62.6. The van der Waals surface area contributed by atoms with E-state index < -0.39 is 18.3 Å². The number of halogens is 5. The van der Waals surface area contributed by atoms with Gasteiger partial charge in [-0.1, -0.05) is 298 Å². The normalized spacial score (nSPS) is 12.7. The minimum Gasteiger partial charge on any atom is -0.399 e. The van der Waals surface area contributed by atoms with E-state index in [0.717, 1.165) is 92.6 Å². The lowest BCUT2D eigenvalue weighted by atomic mass is 9.79. The molecule has 4 aromatic heterocycles. The predicted octanol–water partition coefficient (Wildman–Crippen LogP) is 22.7. The summed E-state index contributed by atoms with van der Waals surface area (Å²) in [5, 5.41) is 4.41. The van der Waals surface area contributed by atoms with Crippen LogP contribution >= 0.6 is 61.1 Å². The maximum atomic E-state index is 16.0. The number of alkyl halides is 2. The molecule has 0 radical (unpaired) electrons. The van der Waals surface area contributed by atoms with Crippen LogP contribution in [0.3, 0.4) is 0 Å². The SMILES string of the molecule is Brc1cccc(-c2nc(-c3ccccc3)nc(-c3ccccc3)n2)c1.CC1(C)OB(c2ccc(-n3c4ccccc4c4ccccc43)c(F)c2)OC1(C)C.CI.CI.Fc1cc(-c2cccc(-c3nc(-c4ccccc4)nc(-c4ccccc4)n3)c2)ccc1-n1c2ccccc2c2ccccc21. The Hall–Kier alpha value is -9.96. The second-order valence-electron chi connectivity index (χ2n) is 24.9. The molecule has 16 heteroatoms. The predicted molar refractivity (Wildman–Crippen MR) is 436 cm³/mol. The Balaban J connectivity index is 0.000000140. The fourth-order valence-corrected chi connectivity index (χ4v) is 12.8. The molecule has 1 saturated heterocycles. The Bertz CT molecular complexity index is 5380. The lowest BCUT2D eigenvalue weighted by Crippen LogP contribution is -2.41. The van der Waals surface area contributed by atoms with E-state index in [4.69, 9.17) is 34.2 Å². The molecule has 0 saturated carbocycles. The Labute approximate surface area is 628 Å². The highest BCUT2D eigenvalue weighted by molar-refractivity contribution is 14.1. The largest absolute Gasteiger partial charge is 0.494 e. The topological polar surface area (TPSA) is 106 Å². The first-order valence-electron chi connectivity index (χ1n) is 33.1. The van der Waals surface area contributed by atoms with Crippen LogP contribution in [0.2, 0.25) is 0 Å². The molecule has 1 aliphatic heterocycles. The van der Waals surface area contributed by atoms with Crippen molar-refractivity contribution in [2.24, 2.45) is 0 Å². The third kappa shape index (κ3) is 14.9. The van der Waals surface area contributed by atoms with Crippen molar-refractivity contribution in [2.45, 2.75) is 38.9 Å². The van der Waals surface area contributed by atoms with Crippen molar-refractivity contribution in [3.63, 3.8) is 0 Å². The summed E-state index contributed by atoms with van der Waals surface area (Å²) in [7, 11) is -0.582. The second-order valence-corrected chi connectivity index (χ2v) is 25.8. The van der Waals surface area contributed by atoms with E-state index in [1.165, 1.54) is 6.07 Å². The summed E-state index contributed by atoms with van der Waals surface area (Å²) >= 11 is 7.82. The number of nitrogens with zero attached hydrogens (tertiary/aromatic N) is 8. The summed E-state index contributed by atoms with van der Waals surface area (Å²) in [5.74, 6) is 3.16. The third-order valence-corrected chi connectivity index (χ3v) is 18.5. The monoisotopic (exact) mass is 1630 g/mol. The zero-order chi connectivity index (χ0) is 70.9. The molecule has 12 aromatic carbocycles. The number of benzene rings is 12. The third-order valence-electron chi connectivity index (χ3n) is 18.0. The van der Waals surface area contributed by atoms with Gasteiger partial charge in [0.15, 0.2) is 34.9 Å². The van der Waals surface area contributed by atoms with Crippen LogP contribution in [0, 0.1) is 11.6 Å². The Kier molecular flexibility index (Phi) is 21.8. The van der Waals surface area contributed by atoms with Gasteiger partial charge in [0.1, 0.15) is 11.6 Å². The summed E-state index contributed by atoms with van der Waals surface area (Å²) in [6.07, 6.45) is 0. The van der Waals surface area contributed by atoms with Crippen molar-refractivity contribution < 1.29 is 18.1 Å². The van der Waals surface area contributed by atoms with E-state index in [-0.39, 0.29) is 11.6 Å². The van der Waals surface area contributed by atoms with Crippen molar-refractivity contribution in [3.05, 3.63) is 319 Å². The molecular weight excluding hydrogens is 1560 g/mol. The Morgan fingerprint density at radius 2 is 0.588 bits per heavy atom. The van der Waals surface area contributed by atoms with Gasteiger partial charge in [-0.25, -0.2) is 38.7 Å². The lowest BCUT2D eigenvalue weighted by Gasteiger charge is -2.32. The van der Waals surface area contributed by atoms with Gasteiger partial charge < -0.3 is 18.4 Å². The fraction of sp³-hybridized carbons (Fsp3) is 0.0930. The molecule has 16 aromatic rings. The molecule has 5 heterocycles. The molecule has 0 atom stereocenters. The number of para-hydroxylation sites is 4. The standard InChI is InChI=1S/C39H25FN4.C24H23BFNO2.C21H14BrN3.2CH3I/c40-33-25-29(22-23-36(33)44-34-20-9-7-18-31(34)32-19-8-10-21-35(32)44)28-16-11-17-30(24-28)39-42-37(26-12-3-1-4-13-26)41-38(43-39)27-14-5-2-6-15-27;1-23(2)24(3,4)29-25(28-23)16-13-14-22(19(26)15-16)27-20-11-7-5-9-17(20)18-10-6-8-12-21(18)27;22-18-13-7-12-17(14-18)21-24-19(15-8-3-1-4-9-15)23-20(25-21)16-10-5-2-6-11-16;2*1-2/h1-25H;5-15H,1-4H3;1-14H;2*1H3. The van der Waals surface area contributed by atoms with Crippen LogP contribution in [0.4, 0.5) is 8.78 Å². The van der Waals surface area contributed by atoms with Crippen LogP contribution in [0.25, 0.3) is 134 Å². The van der Waals surface area contributed by atoms with Gasteiger partial charge in [0, 0.05) is 59.4 Å². The molecule has 502 valence electrons. The average Bonchev–Trinajstić information content (AvgIpc) is 1.60. The highest BCUT2D eigenvalue weighted by Crippen LogP contribution is 2.39. The van der Waals surface area contributed by atoms with E-state index in [9.17, 15) is 0 Å². The van der Waals surface area contributed by atoms with Gasteiger partial charge in [-0.05, 0) is 121 Å². The van der Waals surface area contributed by atoms with E-state index in [1.807, 2.05) is 314 Å². The van der Waals surface area contributed by atoms with E-state index in [2.05, 4.69) is 90.4 Å². The van der Waals surface area contributed by atoms with Crippen LogP contribution in [0.15, 0.2) is 308 Å². The average molecular weight is 1630 g/mol. The molecule has 0 bridgehead atoms. The number of hydrogen-bond acceptors (Lipinski definition) is 8. The first kappa shape index (κ1) is 70.5. The van der Waals surface area contributed by atoms with E-state index >= 15 is 8.78 Å². The molecule has 10 nitrogen and oxygen atoms in total. The summed E-state index contributed by atoms with van der Waals surface area (Å²) in [5.41, 5.74) is 11.9. The summed E-state index contributed by atoms with van der Waals surface area (Å²) in [6.45, 7) is 7.98. The second kappa shape index (κ2) is 31.5. The van der Waals surface area contributed by atoms with Gasteiger partial charge in [-0.15, -0.1) is 0 Å². The maximum Gasteiger partial charge on any atom is 0.494 e. The quantitative estimate of drug-likeness (QED) is 0.0757. The number of rotatable bonds is 10. The summed E-state index contributed by atoms with van der Waals surface area (Å²) in [6, 6.07) is 98.8. The smallest absolute Gasteiger partial charge is 0.399 e. The van der Waals surface area contributed by atoms with Gasteiger partial charge in [0.2, 0.25) is 0 Å². The van der Waals surface area contributed by atoms with Crippen molar-refractivity contribution in [2.75, 3.05) is 9.86 Å². The highest BCUT2D eigenvalue weighted by Gasteiger charge is 2.52. The van der Waals surface area contributed by atoms with Crippen molar-refractivity contribution in [1.29, 1.82) is 0 Å². The van der Waals surface area contributed by atoms with Crippen molar-refractivity contribution in [3.8, 4) is 90.8 Å². The fourth-order valence-electron chi connectivity index (χ4n) is 12.4.